The van der Waals surface area contributed by atoms with Gasteiger partial charge in [0.05, 0.1) is 11.1 Å². The van der Waals surface area contributed by atoms with E-state index < -0.39 is 21.2 Å². The van der Waals surface area contributed by atoms with Crippen molar-refractivity contribution in [3.8, 4) is 0 Å². The first-order valence-electron chi connectivity index (χ1n) is 8.86. The van der Waals surface area contributed by atoms with Crippen LogP contribution < -0.4 is 5.23 Å². The van der Waals surface area contributed by atoms with Crippen LogP contribution in [0, 0.1) is 6.92 Å². The van der Waals surface area contributed by atoms with Crippen molar-refractivity contribution in [1.82, 2.24) is 13.9 Å². The summed E-state index contributed by atoms with van der Waals surface area (Å²) < 4.78 is 27.6. The van der Waals surface area contributed by atoms with E-state index in [1.54, 1.807) is 24.3 Å². The Morgan fingerprint density at radius 2 is 1.50 bits per heavy atom. The van der Waals surface area contributed by atoms with Crippen LogP contribution >= 0.6 is 0 Å². The molecule has 3 heterocycles. The summed E-state index contributed by atoms with van der Waals surface area (Å²) in [6, 6.07) is 6.65. The first-order chi connectivity index (χ1) is 13.0. The van der Waals surface area contributed by atoms with E-state index in [0.29, 0.717) is 11.2 Å². The fourth-order valence-corrected chi connectivity index (χ4v) is 4.11. The molecule has 2 aromatic heterocycles. The number of aryl methyl sites for hydroxylation is 1. The molecule has 1 fully saturated rings. The van der Waals surface area contributed by atoms with Crippen LogP contribution in [0.3, 0.4) is 0 Å². The highest BCUT2D eigenvalue weighted by Crippen LogP contribution is 2.42. The third-order valence-corrected chi connectivity index (χ3v) is 6.88. The number of rotatable bonds is 3. The Kier molecular flexibility index (Phi) is 4.04. The highest BCUT2D eigenvalue weighted by Gasteiger charge is 2.50. The maximum absolute atomic E-state index is 13.2. The maximum atomic E-state index is 13.2. The van der Waals surface area contributed by atoms with Crippen LogP contribution in [0.2, 0.25) is 0 Å². The van der Waals surface area contributed by atoms with E-state index in [1.165, 1.54) is 23.8 Å². The van der Waals surface area contributed by atoms with Crippen molar-refractivity contribution in [3.05, 3.63) is 48.4 Å². The van der Waals surface area contributed by atoms with Gasteiger partial charge in [0.2, 0.25) is 0 Å². The van der Waals surface area contributed by atoms with E-state index in [-0.39, 0.29) is 10.5 Å². The van der Waals surface area contributed by atoms with Crippen LogP contribution in [0.25, 0.3) is 11.2 Å². The minimum atomic E-state index is -3.87. The number of aromatic nitrogens is 3. The summed E-state index contributed by atoms with van der Waals surface area (Å²) in [5.41, 5.74) is 0.663. The molecule has 0 amide bonds. The van der Waals surface area contributed by atoms with Crippen LogP contribution in [0.5, 0.6) is 0 Å². The lowest BCUT2D eigenvalue weighted by Gasteiger charge is -2.26. The molecule has 3 aromatic rings. The fraction of sp³-hybridized carbons (Fsp3) is 0.368. The van der Waals surface area contributed by atoms with Crippen LogP contribution in [0.4, 0.5) is 5.69 Å². The molecule has 0 atom stereocenters. The number of hydrogen-bond donors (Lipinski definition) is 0. The predicted molar refractivity (Wildman–Crippen MR) is 104 cm³/mol. The van der Waals surface area contributed by atoms with Crippen molar-refractivity contribution < 1.29 is 18.1 Å². The zero-order chi connectivity index (χ0) is 20.3. The lowest BCUT2D eigenvalue weighted by atomic mass is 9.90. The molecule has 1 aliphatic heterocycles. The van der Waals surface area contributed by atoms with Gasteiger partial charge in [0.1, 0.15) is 22.4 Å². The molecule has 1 saturated heterocycles. The van der Waals surface area contributed by atoms with E-state index in [1.807, 2.05) is 34.6 Å². The molecule has 0 spiro atoms. The molecular formula is C19H22N4O4S. The Hall–Kier alpha value is -2.49. The van der Waals surface area contributed by atoms with Gasteiger partial charge in [-0.15, -0.1) is 5.23 Å². The largest absolute Gasteiger partial charge is 0.269 e. The molecular weight excluding hydrogens is 380 g/mol. The summed E-state index contributed by atoms with van der Waals surface area (Å²) >= 11 is 0. The molecule has 8 nitrogen and oxygen atoms in total. The van der Waals surface area contributed by atoms with Crippen LogP contribution in [-0.4, -0.2) is 33.6 Å². The summed E-state index contributed by atoms with van der Waals surface area (Å²) in [5, 5.41) is 1.23. The van der Waals surface area contributed by atoms with E-state index >= 15 is 0 Å². The van der Waals surface area contributed by atoms with Crippen LogP contribution in [0.15, 0.2) is 47.8 Å². The average Bonchev–Trinajstić information content (AvgIpc) is 3.10. The molecule has 148 valence electrons. The van der Waals surface area contributed by atoms with Gasteiger partial charge in [-0.2, -0.15) is 0 Å². The van der Waals surface area contributed by atoms with Crippen LogP contribution in [-0.2, 0) is 19.7 Å². The van der Waals surface area contributed by atoms with Crippen molar-refractivity contribution in [2.75, 3.05) is 5.23 Å². The molecule has 0 unspecified atom stereocenters. The lowest BCUT2D eigenvalue weighted by molar-refractivity contribution is -0.0267. The number of benzene rings is 1. The van der Waals surface area contributed by atoms with Gasteiger partial charge in [-0.3, -0.25) is 0 Å². The number of hydrogen-bond acceptors (Lipinski definition) is 7. The second-order valence-electron chi connectivity index (χ2n) is 7.82. The summed E-state index contributed by atoms with van der Waals surface area (Å²) in [5.74, 6) is 0. The second-order valence-corrected chi connectivity index (χ2v) is 9.63. The minimum Gasteiger partial charge on any atom is -0.249 e. The Labute approximate surface area is 163 Å². The van der Waals surface area contributed by atoms with Gasteiger partial charge >= 0.3 is 0 Å². The van der Waals surface area contributed by atoms with E-state index in [0.717, 1.165) is 9.54 Å². The monoisotopic (exact) mass is 402 g/mol. The quantitative estimate of drug-likeness (QED) is 0.665. The summed E-state index contributed by atoms with van der Waals surface area (Å²) in [6.07, 6.45) is 4.38. The average molecular weight is 402 g/mol. The summed E-state index contributed by atoms with van der Waals surface area (Å²) in [7, 11) is -3.87. The van der Waals surface area contributed by atoms with Gasteiger partial charge in [0.25, 0.3) is 10.0 Å². The molecule has 4 rings (SSSR count). The lowest BCUT2D eigenvalue weighted by Crippen LogP contribution is -2.41. The highest BCUT2D eigenvalue weighted by molar-refractivity contribution is 7.90. The molecule has 28 heavy (non-hydrogen) atoms. The van der Waals surface area contributed by atoms with Crippen molar-refractivity contribution in [2.24, 2.45) is 0 Å². The molecule has 0 bridgehead atoms. The van der Waals surface area contributed by atoms with Crippen molar-refractivity contribution >= 4 is 26.9 Å². The van der Waals surface area contributed by atoms with Gasteiger partial charge in [-0.1, -0.05) is 17.7 Å². The maximum Gasteiger partial charge on any atom is 0.269 e. The third-order valence-electron chi connectivity index (χ3n) is 5.22. The summed E-state index contributed by atoms with van der Waals surface area (Å²) in [6.45, 7) is 9.51. The predicted octanol–water partition coefficient (Wildman–Crippen LogP) is 3.22. The van der Waals surface area contributed by atoms with E-state index in [9.17, 15) is 8.42 Å². The fourth-order valence-electron chi connectivity index (χ4n) is 2.80. The number of fused-ring (bicyclic) bond motifs is 1. The Morgan fingerprint density at radius 1 is 0.929 bits per heavy atom. The molecule has 1 aliphatic rings. The second kappa shape index (κ2) is 6.00. The van der Waals surface area contributed by atoms with Crippen molar-refractivity contribution in [1.29, 1.82) is 0 Å². The smallest absolute Gasteiger partial charge is 0.249 e. The van der Waals surface area contributed by atoms with E-state index in [4.69, 9.17) is 9.68 Å². The molecule has 0 aliphatic carbocycles. The Balaban J connectivity index is 1.88. The molecule has 9 heteroatoms. The van der Waals surface area contributed by atoms with Gasteiger partial charge in [0, 0.05) is 12.4 Å². The standard InChI is InChI=1S/C19H22N4O4S/c1-13-6-8-14(9-7-13)28(24,25)22-12-15(16-17(22)21-11-10-20-16)23-26-18(2,3)19(4,5)27-23/h6-12H,1-5H3. The van der Waals surface area contributed by atoms with Crippen molar-refractivity contribution in [2.45, 2.75) is 50.7 Å². The zero-order valence-electron chi connectivity index (χ0n) is 16.4. The molecule has 0 radical (unpaired) electrons. The first kappa shape index (κ1) is 18.9. The molecule has 0 N–H and O–H groups in total. The highest BCUT2D eigenvalue weighted by atomic mass is 32.2. The first-order valence-corrected chi connectivity index (χ1v) is 10.3. The minimum absolute atomic E-state index is 0.163. The topological polar surface area (TPSA) is 86.6 Å². The SMILES string of the molecule is Cc1ccc(S(=O)(=O)n2cc(N3OC(C)(C)C(C)(C)O3)c3nccnc32)cc1. The zero-order valence-corrected chi connectivity index (χ0v) is 17.2. The van der Waals surface area contributed by atoms with Gasteiger partial charge in [-0.05, 0) is 46.8 Å². The third kappa shape index (κ3) is 2.78. The molecule has 1 aromatic carbocycles. The Bertz CT molecular complexity index is 1130. The number of anilines is 1. The summed E-state index contributed by atoms with van der Waals surface area (Å²) in [4.78, 5) is 20.6. The normalized spacial score (nSPS) is 18.7. The number of nitrogens with zero attached hydrogens (tertiary/aromatic N) is 4. The Morgan fingerprint density at radius 3 is 2.11 bits per heavy atom. The van der Waals surface area contributed by atoms with Crippen LogP contribution in [0.1, 0.15) is 33.3 Å². The van der Waals surface area contributed by atoms with Gasteiger partial charge in [-0.25, -0.2) is 32.0 Å². The van der Waals surface area contributed by atoms with Crippen molar-refractivity contribution in [3.63, 3.8) is 0 Å². The van der Waals surface area contributed by atoms with E-state index in [2.05, 4.69) is 9.97 Å². The molecule has 0 saturated carbocycles. The van der Waals surface area contributed by atoms with Gasteiger partial charge < -0.3 is 0 Å². The van der Waals surface area contributed by atoms with Gasteiger partial charge in [0.15, 0.2) is 5.65 Å².